The zero-order valence-corrected chi connectivity index (χ0v) is 7.42. The molecule has 13 heavy (non-hydrogen) atoms. The summed E-state index contributed by atoms with van der Waals surface area (Å²) >= 11 is 0. The van der Waals surface area contributed by atoms with E-state index in [4.69, 9.17) is 10.8 Å². The summed E-state index contributed by atoms with van der Waals surface area (Å²) in [4.78, 5) is 0. The Bertz CT molecular complexity index is 334. The van der Waals surface area contributed by atoms with Crippen LogP contribution in [0, 0.1) is 12.7 Å². The van der Waals surface area contributed by atoms with Crippen molar-refractivity contribution in [1.29, 1.82) is 0 Å². The van der Waals surface area contributed by atoms with Gasteiger partial charge in [-0.2, -0.15) is 0 Å². The number of aliphatic hydroxyl groups is 1. The van der Waals surface area contributed by atoms with Gasteiger partial charge in [0.05, 0.1) is 6.61 Å². The predicted octanol–water partition coefficient (Wildman–Crippen LogP) is 1.72. The van der Waals surface area contributed by atoms with Crippen molar-refractivity contribution in [2.75, 3.05) is 12.3 Å². The molecule has 0 unspecified atom stereocenters. The summed E-state index contributed by atoms with van der Waals surface area (Å²) in [5.41, 5.74) is 7.55. The van der Waals surface area contributed by atoms with Gasteiger partial charge >= 0.3 is 0 Å². The van der Waals surface area contributed by atoms with Crippen molar-refractivity contribution >= 4 is 11.8 Å². The largest absolute Gasteiger partial charge is 0.398 e. The van der Waals surface area contributed by atoms with Crippen LogP contribution in [0.5, 0.6) is 0 Å². The maximum atomic E-state index is 12.9. The molecule has 0 heterocycles. The minimum Gasteiger partial charge on any atom is -0.398 e. The van der Waals surface area contributed by atoms with Crippen LogP contribution in [0.3, 0.4) is 0 Å². The van der Waals surface area contributed by atoms with Crippen LogP contribution < -0.4 is 5.73 Å². The first kappa shape index (κ1) is 9.74. The van der Waals surface area contributed by atoms with Gasteiger partial charge in [0, 0.05) is 11.3 Å². The van der Waals surface area contributed by atoms with Gasteiger partial charge in [-0.1, -0.05) is 12.2 Å². The lowest BCUT2D eigenvalue weighted by molar-refractivity contribution is 0.343. The zero-order valence-electron chi connectivity index (χ0n) is 7.42. The minimum absolute atomic E-state index is 0.0744. The fourth-order valence-electron chi connectivity index (χ4n) is 1.10. The van der Waals surface area contributed by atoms with Crippen molar-refractivity contribution in [2.45, 2.75) is 6.92 Å². The van der Waals surface area contributed by atoms with E-state index in [-0.39, 0.29) is 12.4 Å². The number of rotatable bonds is 2. The Morgan fingerprint density at radius 3 is 2.85 bits per heavy atom. The van der Waals surface area contributed by atoms with Crippen molar-refractivity contribution in [1.82, 2.24) is 0 Å². The highest BCUT2D eigenvalue weighted by atomic mass is 19.1. The Morgan fingerprint density at radius 1 is 1.54 bits per heavy atom. The highest BCUT2D eigenvalue weighted by molar-refractivity contribution is 5.67. The van der Waals surface area contributed by atoms with E-state index in [1.54, 1.807) is 13.0 Å². The van der Waals surface area contributed by atoms with E-state index in [1.807, 2.05) is 0 Å². The van der Waals surface area contributed by atoms with E-state index in [2.05, 4.69) is 0 Å². The number of halogens is 1. The van der Waals surface area contributed by atoms with E-state index in [9.17, 15) is 4.39 Å². The number of nitrogens with two attached hydrogens (primary N) is 1. The van der Waals surface area contributed by atoms with Crippen molar-refractivity contribution in [3.05, 3.63) is 35.2 Å². The van der Waals surface area contributed by atoms with Gasteiger partial charge in [0.2, 0.25) is 0 Å². The summed E-state index contributed by atoms with van der Waals surface area (Å²) in [5.74, 6) is -0.315. The lowest BCUT2D eigenvalue weighted by Gasteiger charge is -2.04. The standard InChI is InChI=1S/C10H12FNO/c1-7-5-9(11)6-8(10(7)12)3-2-4-13/h2-3,5-6,13H,4,12H2,1H3. The summed E-state index contributed by atoms with van der Waals surface area (Å²) < 4.78 is 12.9. The molecule has 1 aromatic rings. The molecule has 0 atom stereocenters. The van der Waals surface area contributed by atoms with Crippen LogP contribution in [0.15, 0.2) is 18.2 Å². The number of aryl methyl sites for hydroxylation is 1. The monoisotopic (exact) mass is 181 g/mol. The Labute approximate surface area is 76.5 Å². The SMILES string of the molecule is Cc1cc(F)cc(C=CCO)c1N. The Balaban J connectivity index is 3.12. The first-order chi connectivity index (χ1) is 6.15. The van der Waals surface area contributed by atoms with Gasteiger partial charge in [0.1, 0.15) is 5.82 Å². The minimum atomic E-state index is -0.315. The molecule has 0 aliphatic carbocycles. The molecular formula is C10H12FNO. The number of nitrogen functional groups attached to an aromatic ring is 1. The number of hydrogen-bond donors (Lipinski definition) is 2. The molecule has 70 valence electrons. The molecular weight excluding hydrogens is 169 g/mol. The van der Waals surface area contributed by atoms with Crippen LogP contribution in [-0.4, -0.2) is 11.7 Å². The second-order valence-corrected chi connectivity index (χ2v) is 2.81. The second kappa shape index (κ2) is 4.05. The van der Waals surface area contributed by atoms with Crippen LogP contribution in [0.25, 0.3) is 6.08 Å². The van der Waals surface area contributed by atoms with Gasteiger partial charge in [0.25, 0.3) is 0 Å². The smallest absolute Gasteiger partial charge is 0.124 e. The average Bonchev–Trinajstić information content (AvgIpc) is 2.09. The molecule has 0 radical (unpaired) electrons. The van der Waals surface area contributed by atoms with E-state index in [0.717, 1.165) is 0 Å². The lowest BCUT2D eigenvalue weighted by Crippen LogP contribution is -1.94. The average molecular weight is 181 g/mol. The van der Waals surface area contributed by atoms with Crippen LogP contribution in [0.4, 0.5) is 10.1 Å². The molecule has 0 fully saturated rings. The zero-order chi connectivity index (χ0) is 9.84. The number of benzene rings is 1. The van der Waals surface area contributed by atoms with E-state index >= 15 is 0 Å². The van der Waals surface area contributed by atoms with Crippen molar-refractivity contribution < 1.29 is 9.50 Å². The van der Waals surface area contributed by atoms with Crippen molar-refractivity contribution in [2.24, 2.45) is 0 Å². The van der Waals surface area contributed by atoms with E-state index in [1.165, 1.54) is 18.2 Å². The molecule has 0 saturated carbocycles. The van der Waals surface area contributed by atoms with Crippen LogP contribution >= 0.6 is 0 Å². The fraction of sp³-hybridized carbons (Fsp3) is 0.200. The molecule has 0 aliphatic heterocycles. The molecule has 1 rings (SSSR count). The number of anilines is 1. The maximum Gasteiger partial charge on any atom is 0.124 e. The third kappa shape index (κ3) is 2.29. The molecule has 0 spiro atoms. The van der Waals surface area contributed by atoms with Gasteiger partial charge in [0.15, 0.2) is 0 Å². The summed E-state index contributed by atoms with van der Waals surface area (Å²) in [6.07, 6.45) is 3.12. The number of hydrogen-bond acceptors (Lipinski definition) is 2. The summed E-state index contributed by atoms with van der Waals surface area (Å²) in [6, 6.07) is 2.72. The van der Waals surface area contributed by atoms with Gasteiger partial charge in [-0.3, -0.25) is 0 Å². The van der Waals surface area contributed by atoms with Gasteiger partial charge < -0.3 is 10.8 Å². The quantitative estimate of drug-likeness (QED) is 0.682. The third-order valence-corrected chi connectivity index (χ3v) is 1.79. The first-order valence-electron chi connectivity index (χ1n) is 3.98. The maximum absolute atomic E-state index is 12.9. The van der Waals surface area contributed by atoms with Crippen molar-refractivity contribution in [3.63, 3.8) is 0 Å². The Hall–Kier alpha value is -1.35. The molecule has 0 bridgehead atoms. The van der Waals surface area contributed by atoms with E-state index < -0.39 is 0 Å². The normalized spacial score (nSPS) is 11.0. The molecule has 3 N–H and O–H groups in total. The Kier molecular flexibility index (Phi) is 3.03. The first-order valence-corrected chi connectivity index (χ1v) is 3.98. The summed E-state index contributed by atoms with van der Waals surface area (Å²) in [7, 11) is 0. The summed E-state index contributed by atoms with van der Waals surface area (Å²) in [6.45, 7) is 1.67. The third-order valence-electron chi connectivity index (χ3n) is 1.79. The molecule has 3 heteroatoms. The fourth-order valence-corrected chi connectivity index (χ4v) is 1.10. The van der Waals surface area contributed by atoms with Gasteiger partial charge in [-0.15, -0.1) is 0 Å². The molecule has 0 aliphatic rings. The molecule has 1 aromatic carbocycles. The van der Waals surface area contributed by atoms with Crippen LogP contribution in [-0.2, 0) is 0 Å². The molecule has 2 nitrogen and oxygen atoms in total. The van der Waals surface area contributed by atoms with Gasteiger partial charge in [-0.25, -0.2) is 4.39 Å². The second-order valence-electron chi connectivity index (χ2n) is 2.81. The summed E-state index contributed by atoms with van der Waals surface area (Å²) in [5, 5.41) is 8.54. The lowest BCUT2D eigenvalue weighted by atomic mass is 10.1. The highest BCUT2D eigenvalue weighted by Gasteiger charge is 2.01. The van der Waals surface area contributed by atoms with Crippen LogP contribution in [0.1, 0.15) is 11.1 Å². The Morgan fingerprint density at radius 2 is 2.23 bits per heavy atom. The topological polar surface area (TPSA) is 46.2 Å². The van der Waals surface area contributed by atoms with E-state index in [0.29, 0.717) is 16.8 Å². The molecule has 0 amide bonds. The predicted molar refractivity (Wildman–Crippen MR) is 51.7 cm³/mol. The molecule has 0 saturated heterocycles. The molecule has 0 aromatic heterocycles. The van der Waals surface area contributed by atoms with Gasteiger partial charge in [-0.05, 0) is 24.6 Å². The highest BCUT2D eigenvalue weighted by Crippen LogP contribution is 2.19. The van der Waals surface area contributed by atoms with Crippen LogP contribution in [0.2, 0.25) is 0 Å². The van der Waals surface area contributed by atoms with Crippen molar-refractivity contribution in [3.8, 4) is 0 Å². The number of aliphatic hydroxyl groups excluding tert-OH is 1.